The molecule has 2 amide bonds. The van der Waals surface area contributed by atoms with Gasteiger partial charge >= 0.3 is 6.03 Å². The molecule has 2 bridgehead atoms. The lowest BCUT2D eigenvalue weighted by atomic mass is 9.97. The number of thiophene rings is 1. The maximum Gasteiger partial charge on any atom is 0.319 e. The van der Waals surface area contributed by atoms with E-state index in [1.165, 1.54) is 17.7 Å². The van der Waals surface area contributed by atoms with Crippen LogP contribution in [-0.2, 0) is 6.54 Å². The summed E-state index contributed by atoms with van der Waals surface area (Å²) in [5, 5.41) is 8.35. The number of para-hydroxylation sites is 1. The Balaban J connectivity index is 1.33. The van der Waals surface area contributed by atoms with Gasteiger partial charge in [0.25, 0.3) is 0 Å². The number of rotatable bonds is 4. The van der Waals surface area contributed by atoms with E-state index in [0.29, 0.717) is 12.1 Å². The van der Waals surface area contributed by atoms with E-state index in [2.05, 4.69) is 33.0 Å². The number of anilines is 1. The van der Waals surface area contributed by atoms with Gasteiger partial charge in [-0.2, -0.15) is 0 Å². The van der Waals surface area contributed by atoms with Gasteiger partial charge in [0.15, 0.2) is 0 Å². The molecule has 3 heterocycles. The molecule has 4 rings (SSSR count). The monoisotopic (exact) mass is 355 g/mol. The molecule has 0 saturated carbocycles. The van der Waals surface area contributed by atoms with E-state index in [1.54, 1.807) is 0 Å². The molecule has 1 aromatic carbocycles. The third kappa shape index (κ3) is 3.72. The van der Waals surface area contributed by atoms with Crippen LogP contribution in [0.25, 0.3) is 0 Å². The lowest BCUT2D eigenvalue weighted by Crippen LogP contribution is -2.50. The Kier molecular flexibility index (Phi) is 4.77. The van der Waals surface area contributed by atoms with Crippen molar-refractivity contribution in [1.29, 1.82) is 0 Å². The van der Waals surface area contributed by atoms with Crippen molar-refractivity contribution in [2.24, 2.45) is 0 Å². The molecular formula is C20H25N3OS. The van der Waals surface area contributed by atoms with E-state index in [0.717, 1.165) is 30.6 Å². The smallest absolute Gasteiger partial charge is 0.319 e. The zero-order chi connectivity index (χ0) is 17.2. The van der Waals surface area contributed by atoms with Gasteiger partial charge in [-0.1, -0.05) is 24.3 Å². The molecular weight excluding hydrogens is 330 g/mol. The number of carbonyl (C=O) groups excluding carboxylic acids is 1. The van der Waals surface area contributed by atoms with Gasteiger partial charge in [-0.25, -0.2) is 4.79 Å². The van der Waals surface area contributed by atoms with Crippen LogP contribution in [0.5, 0.6) is 0 Å². The Morgan fingerprint density at radius 1 is 1.16 bits per heavy atom. The third-order valence-corrected chi connectivity index (χ3v) is 6.39. The minimum absolute atomic E-state index is 0.0783. The van der Waals surface area contributed by atoms with E-state index in [-0.39, 0.29) is 12.1 Å². The first-order valence-electron chi connectivity index (χ1n) is 9.10. The molecule has 2 aromatic rings. The first-order chi connectivity index (χ1) is 12.2. The summed E-state index contributed by atoms with van der Waals surface area (Å²) in [4.78, 5) is 16.5. The maximum absolute atomic E-state index is 12.4. The second-order valence-electron chi connectivity index (χ2n) is 7.22. The number of piperidine rings is 1. The fourth-order valence-corrected chi connectivity index (χ4v) is 5.00. The van der Waals surface area contributed by atoms with Crippen molar-refractivity contribution in [2.75, 3.05) is 5.32 Å². The lowest BCUT2D eigenvalue weighted by molar-refractivity contribution is 0.113. The van der Waals surface area contributed by atoms with E-state index < -0.39 is 0 Å². The molecule has 2 saturated heterocycles. The van der Waals surface area contributed by atoms with Crippen LogP contribution >= 0.6 is 11.3 Å². The highest BCUT2D eigenvalue weighted by Crippen LogP contribution is 2.37. The first-order valence-corrected chi connectivity index (χ1v) is 9.98. The standard InChI is InChI=1S/C20H25N3OS/c1-14-5-2-3-7-19(14)22-20(24)21-15-11-16-8-9-17(12-15)23(16)13-18-6-4-10-25-18/h2-7,10,15-17H,8-9,11-13H2,1H3,(H2,21,22,24)/t15?,16-,17+. The molecule has 1 unspecified atom stereocenters. The van der Waals surface area contributed by atoms with Crippen molar-refractivity contribution in [3.63, 3.8) is 0 Å². The minimum Gasteiger partial charge on any atom is -0.335 e. The van der Waals surface area contributed by atoms with Crippen LogP contribution in [0, 0.1) is 6.92 Å². The van der Waals surface area contributed by atoms with Crippen LogP contribution < -0.4 is 10.6 Å². The normalized spacial score (nSPS) is 25.7. The highest BCUT2D eigenvalue weighted by molar-refractivity contribution is 7.09. The van der Waals surface area contributed by atoms with Gasteiger partial charge < -0.3 is 10.6 Å². The number of hydrogen-bond donors (Lipinski definition) is 2. The largest absolute Gasteiger partial charge is 0.335 e. The van der Waals surface area contributed by atoms with E-state index in [4.69, 9.17) is 0 Å². The molecule has 2 fully saturated rings. The van der Waals surface area contributed by atoms with Crippen molar-refractivity contribution in [1.82, 2.24) is 10.2 Å². The van der Waals surface area contributed by atoms with Crippen LogP contribution in [-0.4, -0.2) is 29.1 Å². The summed E-state index contributed by atoms with van der Waals surface area (Å²) >= 11 is 1.84. The predicted octanol–water partition coefficient (Wildman–Crippen LogP) is 4.37. The first kappa shape index (κ1) is 16.6. The number of amides is 2. The van der Waals surface area contributed by atoms with Gasteiger partial charge in [-0.15, -0.1) is 11.3 Å². The molecule has 2 N–H and O–H groups in total. The predicted molar refractivity (Wildman–Crippen MR) is 103 cm³/mol. The molecule has 2 aliphatic rings. The Hall–Kier alpha value is -1.85. The number of hydrogen-bond acceptors (Lipinski definition) is 3. The molecule has 2 aliphatic heterocycles. The molecule has 25 heavy (non-hydrogen) atoms. The molecule has 0 radical (unpaired) electrons. The van der Waals surface area contributed by atoms with E-state index >= 15 is 0 Å². The van der Waals surface area contributed by atoms with Crippen molar-refractivity contribution < 1.29 is 4.79 Å². The molecule has 3 atom stereocenters. The second-order valence-corrected chi connectivity index (χ2v) is 8.25. The summed E-state index contributed by atoms with van der Waals surface area (Å²) in [7, 11) is 0. The second kappa shape index (κ2) is 7.18. The van der Waals surface area contributed by atoms with Crippen molar-refractivity contribution in [3.05, 3.63) is 52.2 Å². The highest BCUT2D eigenvalue weighted by Gasteiger charge is 2.41. The summed E-state index contributed by atoms with van der Waals surface area (Å²) in [5.41, 5.74) is 1.97. The van der Waals surface area contributed by atoms with Crippen LogP contribution in [0.15, 0.2) is 41.8 Å². The van der Waals surface area contributed by atoms with Gasteiger partial charge in [0.2, 0.25) is 0 Å². The Morgan fingerprint density at radius 3 is 2.60 bits per heavy atom. The highest BCUT2D eigenvalue weighted by atomic mass is 32.1. The Labute approximate surface area is 153 Å². The average molecular weight is 356 g/mol. The third-order valence-electron chi connectivity index (χ3n) is 5.53. The van der Waals surface area contributed by atoms with Gasteiger partial charge in [-0.3, -0.25) is 4.90 Å². The fraction of sp³-hybridized carbons (Fsp3) is 0.450. The maximum atomic E-state index is 12.4. The van der Waals surface area contributed by atoms with Crippen LogP contribution in [0.2, 0.25) is 0 Å². The topological polar surface area (TPSA) is 44.4 Å². The summed E-state index contributed by atoms with van der Waals surface area (Å²) in [6.45, 7) is 3.08. The zero-order valence-corrected chi connectivity index (χ0v) is 15.4. The number of carbonyl (C=O) groups is 1. The molecule has 132 valence electrons. The van der Waals surface area contributed by atoms with Crippen molar-refractivity contribution in [2.45, 2.75) is 57.3 Å². The summed E-state index contributed by atoms with van der Waals surface area (Å²) in [6, 6.07) is 13.7. The number of aryl methyl sites for hydroxylation is 1. The van der Waals surface area contributed by atoms with Crippen LogP contribution in [0.4, 0.5) is 10.5 Å². The van der Waals surface area contributed by atoms with Gasteiger partial charge in [0.05, 0.1) is 0 Å². The fourth-order valence-electron chi connectivity index (χ4n) is 4.29. The van der Waals surface area contributed by atoms with Gasteiger partial charge in [0, 0.05) is 35.2 Å². The molecule has 0 spiro atoms. The van der Waals surface area contributed by atoms with Crippen molar-refractivity contribution in [3.8, 4) is 0 Å². The quantitative estimate of drug-likeness (QED) is 0.855. The number of nitrogens with one attached hydrogen (secondary N) is 2. The lowest BCUT2D eigenvalue weighted by Gasteiger charge is -2.39. The zero-order valence-electron chi connectivity index (χ0n) is 14.6. The average Bonchev–Trinajstić information content (AvgIpc) is 3.17. The van der Waals surface area contributed by atoms with Crippen LogP contribution in [0.3, 0.4) is 0 Å². The molecule has 4 nitrogen and oxygen atoms in total. The van der Waals surface area contributed by atoms with Gasteiger partial charge in [0.1, 0.15) is 0 Å². The summed E-state index contributed by atoms with van der Waals surface area (Å²) in [6.07, 6.45) is 4.63. The van der Waals surface area contributed by atoms with Gasteiger partial charge in [-0.05, 0) is 55.7 Å². The Bertz CT molecular complexity index is 716. The SMILES string of the molecule is Cc1ccccc1NC(=O)NC1C[C@H]2CC[C@@H](C1)N2Cc1cccs1. The summed E-state index contributed by atoms with van der Waals surface area (Å²) < 4.78 is 0. The van der Waals surface area contributed by atoms with E-state index in [9.17, 15) is 4.79 Å². The minimum atomic E-state index is -0.0783. The Morgan fingerprint density at radius 2 is 1.92 bits per heavy atom. The van der Waals surface area contributed by atoms with Crippen LogP contribution in [0.1, 0.15) is 36.1 Å². The molecule has 5 heteroatoms. The number of benzene rings is 1. The number of urea groups is 1. The number of nitrogens with zero attached hydrogens (tertiary/aromatic N) is 1. The molecule has 1 aromatic heterocycles. The molecule has 0 aliphatic carbocycles. The number of fused-ring (bicyclic) bond motifs is 2. The van der Waals surface area contributed by atoms with Crippen molar-refractivity contribution >= 4 is 23.1 Å². The summed E-state index contributed by atoms with van der Waals surface area (Å²) in [5.74, 6) is 0. The van der Waals surface area contributed by atoms with E-state index in [1.807, 2.05) is 42.5 Å².